The number of nitrogens with two attached hydrogens (primary N) is 1. The maximum atomic E-state index is 8.72. The van der Waals surface area contributed by atoms with Gasteiger partial charge in [-0.3, -0.25) is 0 Å². The summed E-state index contributed by atoms with van der Waals surface area (Å²) in [7, 11) is 0. The largest absolute Gasteiger partial charge is 0.395 e. The van der Waals surface area contributed by atoms with Crippen molar-refractivity contribution in [1.82, 2.24) is 0 Å². The second-order valence-electron chi connectivity index (χ2n) is 4.23. The van der Waals surface area contributed by atoms with E-state index in [4.69, 9.17) is 15.6 Å². The van der Waals surface area contributed by atoms with Crippen molar-refractivity contribution >= 4 is 0 Å². The van der Waals surface area contributed by atoms with E-state index in [1.54, 1.807) is 0 Å². The number of rotatable bonds is 6. The molecule has 0 heterocycles. The Balaban J connectivity index is 3.83. The maximum absolute atomic E-state index is 8.72. The van der Waals surface area contributed by atoms with Crippen LogP contribution in [-0.4, -0.2) is 30.5 Å². The number of ether oxygens (including phenoxy) is 1. The Morgan fingerprint density at radius 3 is 1.92 bits per heavy atom. The zero-order valence-corrected chi connectivity index (χ0v) is 9.16. The summed E-state index contributed by atoms with van der Waals surface area (Å²) in [4.78, 5) is 0. The van der Waals surface area contributed by atoms with Crippen LogP contribution in [0.25, 0.3) is 0 Å². The molecule has 13 heavy (non-hydrogen) atoms. The molecule has 0 saturated heterocycles. The highest BCUT2D eigenvalue weighted by atomic mass is 16.5. The van der Waals surface area contributed by atoms with Gasteiger partial charge in [0.1, 0.15) is 0 Å². The molecule has 1 atom stereocenters. The van der Waals surface area contributed by atoms with Crippen LogP contribution < -0.4 is 5.73 Å². The first-order valence-electron chi connectivity index (χ1n) is 4.97. The fourth-order valence-corrected chi connectivity index (χ4v) is 1.44. The molecule has 0 bridgehead atoms. The quantitative estimate of drug-likeness (QED) is 0.655. The van der Waals surface area contributed by atoms with Crippen molar-refractivity contribution in [2.75, 3.05) is 13.2 Å². The standard InChI is InChI=1S/C10H23NO2/c1-7(2)10(8(3)4)13-6-9(11)5-12/h7-10,12H,5-6,11H2,1-4H3. The molecule has 80 valence electrons. The van der Waals surface area contributed by atoms with Crippen LogP contribution in [0.2, 0.25) is 0 Å². The van der Waals surface area contributed by atoms with Crippen molar-refractivity contribution in [2.45, 2.75) is 39.8 Å². The molecule has 0 rings (SSSR count). The maximum Gasteiger partial charge on any atom is 0.0644 e. The molecule has 1 unspecified atom stereocenters. The van der Waals surface area contributed by atoms with Crippen molar-refractivity contribution in [3.05, 3.63) is 0 Å². The average Bonchev–Trinajstić information content (AvgIpc) is 2.03. The summed E-state index contributed by atoms with van der Waals surface area (Å²) in [5, 5.41) is 8.72. The Hall–Kier alpha value is -0.120. The zero-order chi connectivity index (χ0) is 10.4. The molecule has 0 spiro atoms. The molecule has 3 N–H and O–H groups in total. The SMILES string of the molecule is CC(C)C(OCC(N)CO)C(C)C. The lowest BCUT2D eigenvalue weighted by Crippen LogP contribution is -2.35. The van der Waals surface area contributed by atoms with E-state index in [1.165, 1.54) is 0 Å². The van der Waals surface area contributed by atoms with Crippen LogP contribution >= 0.6 is 0 Å². The third kappa shape index (κ3) is 5.24. The molecule has 0 fully saturated rings. The topological polar surface area (TPSA) is 55.5 Å². The summed E-state index contributed by atoms with van der Waals surface area (Å²) >= 11 is 0. The van der Waals surface area contributed by atoms with Crippen LogP contribution in [0.5, 0.6) is 0 Å². The highest BCUT2D eigenvalue weighted by Gasteiger charge is 2.18. The predicted octanol–water partition coefficient (Wildman–Crippen LogP) is 1.00. The van der Waals surface area contributed by atoms with Gasteiger partial charge in [0, 0.05) is 0 Å². The molecule has 0 aromatic carbocycles. The average molecular weight is 189 g/mol. The van der Waals surface area contributed by atoms with E-state index in [9.17, 15) is 0 Å². The van der Waals surface area contributed by atoms with Crippen LogP contribution in [0, 0.1) is 11.8 Å². The summed E-state index contributed by atoms with van der Waals surface area (Å²) in [6.07, 6.45) is 0.234. The van der Waals surface area contributed by atoms with Gasteiger partial charge in [0.05, 0.1) is 25.4 Å². The summed E-state index contributed by atoms with van der Waals surface area (Å²) in [6, 6.07) is -0.250. The van der Waals surface area contributed by atoms with Crippen LogP contribution in [0.1, 0.15) is 27.7 Å². The van der Waals surface area contributed by atoms with Gasteiger partial charge in [-0.2, -0.15) is 0 Å². The van der Waals surface area contributed by atoms with Gasteiger partial charge in [-0.15, -0.1) is 0 Å². The summed E-state index contributed by atoms with van der Waals surface area (Å²) in [5.41, 5.74) is 5.55. The van der Waals surface area contributed by atoms with Gasteiger partial charge < -0.3 is 15.6 Å². The fourth-order valence-electron chi connectivity index (χ4n) is 1.44. The van der Waals surface area contributed by atoms with Gasteiger partial charge in [-0.05, 0) is 11.8 Å². The first-order chi connectivity index (χ1) is 5.99. The number of aliphatic hydroxyl groups excluding tert-OH is 1. The molecule has 3 heteroatoms. The number of hydrogen-bond acceptors (Lipinski definition) is 3. The first-order valence-corrected chi connectivity index (χ1v) is 4.97. The van der Waals surface area contributed by atoms with E-state index >= 15 is 0 Å². The molecule has 0 saturated carbocycles. The highest BCUT2D eigenvalue weighted by Crippen LogP contribution is 2.15. The van der Waals surface area contributed by atoms with Gasteiger partial charge in [-0.25, -0.2) is 0 Å². The normalized spacial score (nSPS) is 14.5. The van der Waals surface area contributed by atoms with E-state index in [-0.39, 0.29) is 18.8 Å². The van der Waals surface area contributed by atoms with E-state index in [2.05, 4.69) is 27.7 Å². The lowest BCUT2D eigenvalue weighted by atomic mass is 9.96. The van der Waals surface area contributed by atoms with Crippen LogP contribution in [-0.2, 0) is 4.74 Å². The molecule has 0 aliphatic carbocycles. The van der Waals surface area contributed by atoms with E-state index in [0.717, 1.165) is 0 Å². The fraction of sp³-hybridized carbons (Fsp3) is 1.00. The molecule has 0 aliphatic heterocycles. The Morgan fingerprint density at radius 2 is 1.62 bits per heavy atom. The molecule has 0 amide bonds. The Kier molecular flexibility index (Phi) is 6.29. The second kappa shape index (κ2) is 6.35. The zero-order valence-electron chi connectivity index (χ0n) is 9.16. The molecular weight excluding hydrogens is 166 g/mol. The Morgan fingerprint density at radius 1 is 1.15 bits per heavy atom. The van der Waals surface area contributed by atoms with E-state index in [1.807, 2.05) is 0 Å². The second-order valence-corrected chi connectivity index (χ2v) is 4.23. The number of hydrogen-bond donors (Lipinski definition) is 2. The predicted molar refractivity (Wildman–Crippen MR) is 54.5 cm³/mol. The molecule has 0 aliphatic rings. The van der Waals surface area contributed by atoms with Crippen molar-refractivity contribution in [2.24, 2.45) is 17.6 Å². The molecule has 3 nitrogen and oxygen atoms in total. The third-order valence-corrected chi connectivity index (χ3v) is 2.05. The van der Waals surface area contributed by atoms with Gasteiger partial charge in [0.2, 0.25) is 0 Å². The molecule has 0 aromatic rings. The van der Waals surface area contributed by atoms with Crippen molar-refractivity contribution < 1.29 is 9.84 Å². The smallest absolute Gasteiger partial charge is 0.0644 e. The Bertz CT molecular complexity index is 118. The van der Waals surface area contributed by atoms with E-state index in [0.29, 0.717) is 18.4 Å². The third-order valence-electron chi connectivity index (χ3n) is 2.05. The highest BCUT2D eigenvalue weighted by molar-refractivity contribution is 4.68. The molecule has 0 aromatic heterocycles. The lowest BCUT2D eigenvalue weighted by Gasteiger charge is -2.26. The van der Waals surface area contributed by atoms with Crippen molar-refractivity contribution in [3.8, 4) is 0 Å². The molecule has 0 radical (unpaired) electrons. The van der Waals surface area contributed by atoms with Crippen LogP contribution in [0.3, 0.4) is 0 Å². The van der Waals surface area contributed by atoms with Crippen LogP contribution in [0.4, 0.5) is 0 Å². The van der Waals surface area contributed by atoms with Gasteiger partial charge in [0.15, 0.2) is 0 Å². The first kappa shape index (κ1) is 12.9. The van der Waals surface area contributed by atoms with Crippen molar-refractivity contribution in [3.63, 3.8) is 0 Å². The van der Waals surface area contributed by atoms with Crippen molar-refractivity contribution in [1.29, 1.82) is 0 Å². The van der Waals surface area contributed by atoms with E-state index < -0.39 is 0 Å². The number of aliphatic hydroxyl groups is 1. The minimum Gasteiger partial charge on any atom is -0.395 e. The summed E-state index contributed by atoms with van der Waals surface area (Å²) in [6.45, 7) is 8.97. The van der Waals surface area contributed by atoms with Crippen LogP contribution in [0.15, 0.2) is 0 Å². The monoisotopic (exact) mass is 189 g/mol. The minimum atomic E-state index is -0.250. The minimum absolute atomic E-state index is 0.0110. The lowest BCUT2D eigenvalue weighted by molar-refractivity contribution is -0.0194. The Labute approximate surface area is 81.3 Å². The summed E-state index contributed by atoms with van der Waals surface area (Å²) in [5.74, 6) is 0.983. The van der Waals surface area contributed by atoms with Gasteiger partial charge >= 0.3 is 0 Å². The molecular formula is C10H23NO2. The van der Waals surface area contributed by atoms with Gasteiger partial charge in [-0.1, -0.05) is 27.7 Å². The summed E-state index contributed by atoms with van der Waals surface area (Å²) < 4.78 is 5.63. The van der Waals surface area contributed by atoms with Gasteiger partial charge in [0.25, 0.3) is 0 Å².